The van der Waals surface area contributed by atoms with Crippen LogP contribution in [0.25, 0.3) is 10.1 Å². The third-order valence-corrected chi connectivity index (χ3v) is 4.90. The summed E-state index contributed by atoms with van der Waals surface area (Å²) in [5, 5.41) is 0.912. The molecule has 0 fully saturated rings. The van der Waals surface area contributed by atoms with E-state index in [1.54, 1.807) is 24.5 Å². The fourth-order valence-electron chi connectivity index (χ4n) is 2.15. The number of thiophene rings is 1. The summed E-state index contributed by atoms with van der Waals surface area (Å²) in [6.45, 7) is 0.493. The lowest BCUT2D eigenvalue weighted by Crippen LogP contribution is -2.25. The maximum Gasteiger partial charge on any atom is 0.266 e. The smallest absolute Gasteiger partial charge is 0.266 e. The van der Waals surface area contributed by atoms with Gasteiger partial charge in [-0.3, -0.25) is 4.79 Å². The molecule has 0 aliphatic heterocycles. The van der Waals surface area contributed by atoms with Crippen LogP contribution in [0.4, 0.5) is 5.69 Å². The van der Waals surface area contributed by atoms with Crippen molar-refractivity contribution in [2.24, 2.45) is 0 Å². The zero-order valence-corrected chi connectivity index (χ0v) is 13.7. The number of benzene rings is 1. The van der Waals surface area contributed by atoms with Gasteiger partial charge < -0.3 is 15.1 Å². The molecule has 108 valence electrons. The molecular weight excluding hydrogens is 352 g/mol. The molecule has 0 unspecified atom stereocenters. The molecule has 6 heteroatoms. The van der Waals surface area contributed by atoms with Crippen molar-refractivity contribution in [2.75, 3.05) is 12.8 Å². The lowest BCUT2D eigenvalue weighted by atomic mass is 10.2. The summed E-state index contributed by atoms with van der Waals surface area (Å²) in [5.41, 5.74) is 7.64. The number of carbonyl (C=O) groups is 1. The lowest BCUT2D eigenvalue weighted by molar-refractivity contribution is 0.0790. The van der Waals surface area contributed by atoms with Crippen molar-refractivity contribution in [3.63, 3.8) is 0 Å². The van der Waals surface area contributed by atoms with E-state index in [2.05, 4.69) is 15.9 Å². The Morgan fingerprint density at radius 1 is 1.43 bits per heavy atom. The highest BCUT2D eigenvalue weighted by Gasteiger charge is 2.20. The van der Waals surface area contributed by atoms with Gasteiger partial charge >= 0.3 is 0 Å². The number of furan rings is 1. The van der Waals surface area contributed by atoms with Crippen molar-refractivity contribution >= 4 is 48.9 Å². The standard InChI is InChI=1S/C15H13BrN2O2S/c1-18(7-9-4-5-20-8-9)15(19)14-13(17)11-6-10(16)2-3-12(11)21-14/h2-6,8H,7,17H2,1H3. The van der Waals surface area contributed by atoms with Crippen LogP contribution in [0.1, 0.15) is 15.2 Å². The van der Waals surface area contributed by atoms with Crippen LogP contribution in [-0.4, -0.2) is 17.9 Å². The minimum Gasteiger partial charge on any atom is -0.472 e. The molecule has 0 bridgehead atoms. The van der Waals surface area contributed by atoms with Crippen LogP contribution in [0, 0.1) is 0 Å². The summed E-state index contributed by atoms with van der Waals surface area (Å²) in [5.74, 6) is -0.0778. The third kappa shape index (κ3) is 2.69. The van der Waals surface area contributed by atoms with E-state index in [0.717, 1.165) is 20.1 Å². The number of hydrogen-bond donors (Lipinski definition) is 1. The van der Waals surface area contributed by atoms with Gasteiger partial charge in [0.2, 0.25) is 0 Å². The summed E-state index contributed by atoms with van der Waals surface area (Å²) in [6.07, 6.45) is 3.23. The first-order valence-electron chi connectivity index (χ1n) is 6.30. The fraction of sp³-hybridized carbons (Fsp3) is 0.133. The Balaban J connectivity index is 1.92. The number of hydrogen-bond acceptors (Lipinski definition) is 4. The summed E-state index contributed by atoms with van der Waals surface area (Å²) in [6, 6.07) is 7.69. The average molecular weight is 365 g/mol. The Hall–Kier alpha value is -1.79. The monoisotopic (exact) mass is 364 g/mol. The molecular formula is C15H13BrN2O2S. The van der Waals surface area contributed by atoms with E-state index in [1.165, 1.54) is 11.3 Å². The minimum absolute atomic E-state index is 0.0778. The van der Waals surface area contributed by atoms with E-state index in [4.69, 9.17) is 10.2 Å². The van der Waals surface area contributed by atoms with Crippen LogP contribution in [-0.2, 0) is 6.54 Å². The highest BCUT2D eigenvalue weighted by molar-refractivity contribution is 9.10. The van der Waals surface area contributed by atoms with Gasteiger partial charge in [0.05, 0.1) is 18.2 Å². The Morgan fingerprint density at radius 2 is 2.24 bits per heavy atom. The molecule has 3 rings (SSSR count). The lowest BCUT2D eigenvalue weighted by Gasteiger charge is -2.15. The maximum absolute atomic E-state index is 12.6. The molecule has 2 heterocycles. The van der Waals surface area contributed by atoms with Gasteiger partial charge in [0.25, 0.3) is 5.91 Å². The van der Waals surface area contributed by atoms with E-state index < -0.39 is 0 Å². The molecule has 0 saturated carbocycles. The number of nitrogen functional groups attached to an aromatic ring is 1. The Bertz CT molecular complexity index is 795. The average Bonchev–Trinajstić information content (AvgIpc) is 3.07. The van der Waals surface area contributed by atoms with Crippen LogP contribution >= 0.6 is 27.3 Å². The first-order valence-corrected chi connectivity index (χ1v) is 7.91. The minimum atomic E-state index is -0.0778. The molecule has 21 heavy (non-hydrogen) atoms. The third-order valence-electron chi connectivity index (χ3n) is 3.23. The van der Waals surface area contributed by atoms with E-state index >= 15 is 0 Å². The maximum atomic E-state index is 12.6. The fourth-order valence-corrected chi connectivity index (χ4v) is 3.61. The van der Waals surface area contributed by atoms with Crippen molar-refractivity contribution in [3.8, 4) is 0 Å². The van der Waals surface area contributed by atoms with E-state index in [9.17, 15) is 4.79 Å². The molecule has 0 saturated heterocycles. The second-order valence-corrected chi connectivity index (χ2v) is 6.75. The van der Waals surface area contributed by atoms with Gasteiger partial charge in [0, 0.05) is 33.7 Å². The molecule has 3 aromatic rings. The van der Waals surface area contributed by atoms with Gasteiger partial charge in [-0.25, -0.2) is 0 Å². The van der Waals surface area contributed by atoms with Gasteiger partial charge in [-0.1, -0.05) is 15.9 Å². The Labute approximate surface area is 134 Å². The summed E-state index contributed by atoms with van der Waals surface area (Å²) >= 11 is 4.85. The second-order valence-electron chi connectivity index (χ2n) is 4.78. The van der Waals surface area contributed by atoms with Crippen molar-refractivity contribution in [2.45, 2.75) is 6.54 Å². The Kier molecular flexibility index (Phi) is 3.73. The van der Waals surface area contributed by atoms with Crippen LogP contribution in [0.5, 0.6) is 0 Å². The number of rotatable bonds is 3. The predicted molar refractivity (Wildman–Crippen MR) is 88.4 cm³/mol. The van der Waals surface area contributed by atoms with E-state index in [0.29, 0.717) is 17.1 Å². The number of fused-ring (bicyclic) bond motifs is 1. The van der Waals surface area contributed by atoms with Crippen molar-refractivity contribution in [1.29, 1.82) is 0 Å². The van der Waals surface area contributed by atoms with Crippen LogP contribution < -0.4 is 5.73 Å². The molecule has 2 aromatic heterocycles. The molecule has 0 radical (unpaired) electrons. The van der Waals surface area contributed by atoms with Crippen LogP contribution in [0.3, 0.4) is 0 Å². The summed E-state index contributed by atoms with van der Waals surface area (Å²) < 4.78 is 6.98. The quantitative estimate of drug-likeness (QED) is 0.760. The van der Waals surface area contributed by atoms with Gasteiger partial charge in [-0.05, 0) is 24.3 Å². The predicted octanol–water partition coefficient (Wildman–Crippen LogP) is 4.11. The molecule has 2 N–H and O–H groups in total. The van der Waals surface area contributed by atoms with Gasteiger partial charge in [-0.15, -0.1) is 11.3 Å². The van der Waals surface area contributed by atoms with Crippen LogP contribution in [0.15, 0.2) is 45.7 Å². The Morgan fingerprint density at radius 3 is 2.95 bits per heavy atom. The van der Waals surface area contributed by atoms with Gasteiger partial charge in [0.15, 0.2) is 0 Å². The molecule has 0 aliphatic rings. The second kappa shape index (κ2) is 5.54. The molecule has 1 amide bonds. The zero-order valence-electron chi connectivity index (χ0n) is 11.3. The first-order chi connectivity index (χ1) is 10.1. The number of anilines is 1. The number of halogens is 1. The molecule has 0 aliphatic carbocycles. The molecule has 4 nitrogen and oxygen atoms in total. The van der Waals surface area contributed by atoms with E-state index in [1.807, 2.05) is 24.3 Å². The summed E-state index contributed by atoms with van der Waals surface area (Å²) in [4.78, 5) is 14.8. The highest BCUT2D eigenvalue weighted by Crippen LogP contribution is 2.36. The largest absolute Gasteiger partial charge is 0.472 e. The molecule has 0 atom stereocenters. The van der Waals surface area contributed by atoms with E-state index in [-0.39, 0.29) is 5.91 Å². The number of nitrogens with zero attached hydrogens (tertiary/aromatic N) is 1. The number of amides is 1. The number of nitrogens with two attached hydrogens (primary N) is 1. The van der Waals surface area contributed by atoms with Crippen molar-refractivity contribution < 1.29 is 9.21 Å². The molecule has 0 spiro atoms. The first kappa shape index (κ1) is 14.2. The van der Waals surface area contributed by atoms with Crippen molar-refractivity contribution in [1.82, 2.24) is 4.90 Å². The summed E-state index contributed by atoms with van der Waals surface area (Å²) in [7, 11) is 1.76. The molecule has 1 aromatic carbocycles. The normalized spacial score (nSPS) is 11.0. The zero-order chi connectivity index (χ0) is 15.0. The van der Waals surface area contributed by atoms with Crippen molar-refractivity contribution in [3.05, 3.63) is 51.7 Å². The number of carbonyl (C=O) groups excluding carboxylic acids is 1. The topological polar surface area (TPSA) is 59.5 Å². The van der Waals surface area contributed by atoms with Gasteiger partial charge in [0.1, 0.15) is 4.88 Å². The van der Waals surface area contributed by atoms with Crippen LogP contribution in [0.2, 0.25) is 0 Å². The van der Waals surface area contributed by atoms with Gasteiger partial charge in [-0.2, -0.15) is 0 Å². The SMILES string of the molecule is CN(Cc1ccoc1)C(=O)c1sc2ccc(Br)cc2c1N. The highest BCUT2D eigenvalue weighted by atomic mass is 79.9.